The van der Waals surface area contributed by atoms with Gasteiger partial charge in [-0.25, -0.2) is 0 Å². The molecule has 2 rings (SSSR count). The summed E-state index contributed by atoms with van der Waals surface area (Å²) in [4.78, 5) is 16.7. The van der Waals surface area contributed by atoms with Crippen LogP contribution >= 0.6 is 23.8 Å². The topological polar surface area (TPSA) is 41.0 Å². The van der Waals surface area contributed by atoms with E-state index in [0.717, 1.165) is 11.0 Å². The number of hydrogen-bond acceptors (Lipinski definition) is 2. The molecule has 18 heavy (non-hydrogen) atoms. The van der Waals surface area contributed by atoms with E-state index in [-0.39, 0.29) is 12.5 Å². The van der Waals surface area contributed by atoms with E-state index in [9.17, 15) is 4.79 Å². The van der Waals surface area contributed by atoms with Crippen LogP contribution in [0.1, 0.15) is 6.92 Å². The summed E-state index contributed by atoms with van der Waals surface area (Å²) in [6.07, 6.45) is 0. The van der Waals surface area contributed by atoms with Gasteiger partial charge in [-0.15, -0.1) is 0 Å². The van der Waals surface area contributed by atoms with Crippen molar-refractivity contribution in [2.75, 3.05) is 13.6 Å². The van der Waals surface area contributed by atoms with Crippen molar-refractivity contribution >= 4 is 40.8 Å². The minimum absolute atomic E-state index is 0.0227. The van der Waals surface area contributed by atoms with Gasteiger partial charge in [-0.05, 0) is 37.3 Å². The molecule has 0 radical (unpaired) electrons. The Morgan fingerprint density at radius 3 is 2.94 bits per heavy atom. The van der Waals surface area contributed by atoms with Gasteiger partial charge in [0.2, 0.25) is 5.91 Å². The molecule has 1 aromatic heterocycles. The monoisotopic (exact) mass is 283 g/mol. The lowest BCUT2D eigenvalue weighted by molar-refractivity contribution is -0.130. The number of H-pyrrole nitrogens is 1. The van der Waals surface area contributed by atoms with Gasteiger partial charge in [-0.3, -0.25) is 4.79 Å². The summed E-state index contributed by atoms with van der Waals surface area (Å²) < 4.78 is 2.30. The minimum Gasteiger partial charge on any atom is -0.344 e. The van der Waals surface area contributed by atoms with Gasteiger partial charge in [0.25, 0.3) is 0 Å². The molecule has 6 heteroatoms. The molecule has 0 unspecified atom stereocenters. The third kappa shape index (κ3) is 2.42. The highest BCUT2D eigenvalue weighted by Gasteiger charge is 2.11. The van der Waals surface area contributed by atoms with E-state index in [0.29, 0.717) is 16.3 Å². The standard InChI is InChI=1S/C12H14ClN3OS/c1-3-15(2)11(17)7-16-10-6-8(13)4-5-9(10)14-12(16)18/h4-6H,3,7H2,1-2H3,(H,14,18). The number of fused-ring (bicyclic) bond motifs is 1. The van der Waals surface area contributed by atoms with Gasteiger partial charge < -0.3 is 14.5 Å². The highest BCUT2D eigenvalue weighted by molar-refractivity contribution is 7.71. The number of nitrogens with one attached hydrogen (secondary N) is 1. The van der Waals surface area contributed by atoms with Crippen molar-refractivity contribution in [2.24, 2.45) is 0 Å². The lowest BCUT2D eigenvalue weighted by Crippen LogP contribution is -2.29. The van der Waals surface area contributed by atoms with Crippen LogP contribution in [0.25, 0.3) is 11.0 Å². The van der Waals surface area contributed by atoms with Crippen molar-refractivity contribution in [3.8, 4) is 0 Å². The zero-order valence-electron chi connectivity index (χ0n) is 10.2. The molecule has 0 bridgehead atoms. The van der Waals surface area contributed by atoms with Gasteiger partial charge in [0.15, 0.2) is 4.77 Å². The fourth-order valence-corrected chi connectivity index (χ4v) is 2.15. The lowest BCUT2D eigenvalue weighted by Gasteiger charge is -2.15. The van der Waals surface area contributed by atoms with Gasteiger partial charge in [-0.2, -0.15) is 0 Å². The third-order valence-corrected chi connectivity index (χ3v) is 3.49. The number of halogens is 1. The number of benzene rings is 1. The molecule has 0 aliphatic rings. The van der Waals surface area contributed by atoms with Crippen LogP contribution in [-0.2, 0) is 11.3 Å². The third-order valence-electron chi connectivity index (χ3n) is 2.93. The SMILES string of the molecule is CCN(C)C(=O)Cn1c(=S)[nH]c2ccc(Cl)cc21. The van der Waals surface area contributed by atoms with Crippen molar-refractivity contribution in [2.45, 2.75) is 13.5 Å². The van der Waals surface area contributed by atoms with Gasteiger partial charge in [-0.1, -0.05) is 11.6 Å². The van der Waals surface area contributed by atoms with Crippen LogP contribution in [0.15, 0.2) is 18.2 Å². The smallest absolute Gasteiger partial charge is 0.242 e. The number of rotatable bonds is 3. The first-order valence-electron chi connectivity index (χ1n) is 5.65. The maximum Gasteiger partial charge on any atom is 0.242 e. The van der Waals surface area contributed by atoms with E-state index in [2.05, 4.69) is 4.98 Å². The maximum absolute atomic E-state index is 11.9. The predicted octanol–water partition coefficient (Wildman–Crippen LogP) is 2.83. The zero-order valence-corrected chi connectivity index (χ0v) is 11.8. The van der Waals surface area contributed by atoms with Crippen LogP contribution in [0.3, 0.4) is 0 Å². The number of carbonyl (C=O) groups excluding carboxylic acids is 1. The Kier molecular flexibility index (Phi) is 3.73. The largest absolute Gasteiger partial charge is 0.344 e. The van der Waals surface area contributed by atoms with Crippen molar-refractivity contribution in [1.82, 2.24) is 14.5 Å². The number of hydrogen-bond donors (Lipinski definition) is 1. The Bertz CT molecular complexity index is 646. The van der Waals surface area contributed by atoms with Crippen LogP contribution < -0.4 is 0 Å². The summed E-state index contributed by atoms with van der Waals surface area (Å²) >= 11 is 11.2. The number of aromatic nitrogens is 2. The maximum atomic E-state index is 11.9. The average Bonchev–Trinajstić information content (AvgIpc) is 2.65. The second-order valence-electron chi connectivity index (χ2n) is 4.09. The fraction of sp³-hybridized carbons (Fsp3) is 0.333. The van der Waals surface area contributed by atoms with Gasteiger partial charge >= 0.3 is 0 Å². The summed E-state index contributed by atoms with van der Waals surface area (Å²) in [6.45, 7) is 2.84. The first-order chi connectivity index (χ1) is 8.52. The van der Waals surface area contributed by atoms with Crippen LogP contribution in [0.2, 0.25) is 5.02 Å². The molecule has 1 amide bonds. The Labute approximate surface area is 115 Å². The highest BCUT2D eigenvalue weighted by Crippen LogP contribution is 2.19. The van der Waals surface area contributed by atoms with Crippen molar-refractivity contribution in [3.63, 3.8) is 0 Å². The van der Waals surface area contributed by atoms with Gasteiger partial charge in [0.05, 0.1) is 11.0 Å². The van der Waals surface area contributed by atoms with Crippen molar-refractivity contribution in [1.29, 1.82) is 0 Å². The summed E-state index contributed by atoms with van der Waals surface area (Å²) in [5, 5.41) is 0.626. The molecule has 0 saturated heterocycles. The van der Waals surface area contributed by atoms with Gasteiger partial charge in [0.1, 0.15) is 6.54 Å². The molecule has 1 N–H and O–H groups in total. The number of carbonyl (C=O) groups is 1. The second-order valence-corrected chi connectivity index (χ2v) is 4.91. The summed E-state index contributed by atoms with van der Waals surface area (Å²) in [6, 6.07) is 5.46. The van der Waals surface area contributed by atoms with E-state index in [4.69, 9.17) is 23.8 Å². The van der Waals surface area contributed by atoms with Crippen LogP contribution in [0.4, 0.5) is 0 Å². The highest BCUT2D eigenvalue weighted by atomic mass is 35.5. The number of imidazole rings is 1. The molecule has 96 valence electrons. The Balaban J connectivity index is 2.44. The van der Waals surface area contributed by atoms with E-state index in [1.807, 2.05) is 19.1 Å². The molecule has 1 heterocycles. The number of amides is 1. The molecule has 0 aliphatic heterocycles. The molecule has 4 nitrogen and oxygen atoms in total. The molecule has 0 aliphatic carbocycles. The first-order valence-corrected chi connectivity index (χ1v) is 6.43. The zero-order chi connectivity index (χ0) is 13.3. The van der Waals surface area contributed by atoms with Crippen molar-refractivity contribution in [3.05, 3.63) is 28.0 Å². The molecule has 0 saturated carbocycles. The summed E-state index contributed by atoms with van der Waals surface area (Å²) in [7, 11) is 1.77. The molecule has 2 aromatic rings. The van der Waals surface area contributed by atoms with Crippen LogP contribution in [-0.4, -0.2) is 34.0 Å². The van der Waals surface area contributed by atoms with Crippen LogP contribution in [0.5, 0.6) is 0 Å². The number of nitrogens with zero attached hydrogens (tertiary/aromatic N) is 2. The molecule has 0 atom stereocenters. The van der Waals surface area contributed by atoms with E-state index in [1.54, 1.807) is 22.6 Å². The number of likely N-dealkylation sites (N-methyl/N-ethyl adjacent to an activating group) is 1. The Hall–Kier alpha value is -1.33. The lowest BCUT2D eigenvalue weighted by atomic mass is 10.3. The predicted molar refractivity (Wildman–Crippen MR) is 75.4 cm³/mol. The second kappa shape index (κ2) is 5.12. The average molecular weight is 284 g/mol. The summed E-state index contributed by atoms with van der Waals surface area (Å²) in [5.41, 5.74) is 1.74. The molecular weight excluding hydrogens is 270 g/mol. The molecular formula is C12H14ClN3OS. The fourth-order valence-electron chi connectivity index (χ4n) is 1.72. The minimum atomic E-state index is 0.0227. The normalized spacial score (nSPS) is 10.8. The van der Waals surface area contributed by atoms with Crippen molar-refractivity contribution < 1.29 is 4.79 Å². The molecule has 0 fully saturated rings. The molecule has 0 spiro atoms. The van der Waals surface area contributed by atoms with E-state index < -0.39 is 0 Å². The molecule has 1 aromatic carbocycles. The number of aromatic amines is 1. The van der Waals surface area contributed by atoms with Gasteiger partial charge in [0, 0.05) is 18.6 Å². The Morgan fingerprint density at radius 1 is 1.56 bits per heavy atom. The Morgan fingerprint density at radius 2 is 2.28 bits per heavy atom. The quantitative estimate of drug-likeness (QED) is 0.880. The summed E-state index contributed by atoms with van der Waals surface area (Å²) in [5.74, 6) is 0.0227. The van der Waals surface area contributed by atoms with Crippen LogP contribution in [0, 0.1) is 4.77 Å². The first kappa shape index (κ1) is 13.1. The van der Waals surface area contributed by atoms with E-state index >= 15 is 0 Å². The van der Waals surface area contributed by atoms with E-state index in [1.165, 1.54) is 0 Å².